The molecule has 3 heteroatoms. The molecule has 0 fully saturated rings. The third-order valence-corrected chi connectivity index (χ3v) is 5.54. The molecule has 1 aromatic carbocycles. The van der Waals surface area contributed by atoms with Gasteiger partial charge >= 0.3 is 0 Å². The van der Waals surface area contributed by atoms with E-state index in [4.69, 9.17) is 0 Å². The van der Waals surface area contributed by atoms with Crippen molar-refractivity contribution in [2.24, 2.45) is 0 Å². The Morgan fingerprint density at radius 1 is 1.22 bits per heavy atom. The molecular weight excluding hydrogens is 306 g/mol. The lowest BCUT2D eigenvalue weighted by Crippen LogP contribution is -2.21. The molecule has 0 amide bonds. The summed E-state index contributed by atoms with van der Waals surface area (Å²) < 4.78 is 1.23. The molecule has 1 aromatic heterocycles. The van der Waals surface area contributed by atoms with Crippen LogP contribution in [-0.4, -0.2) is 7.05 Å². The maximum absolute atomic E-state index is 3.61. The van der Waals surface area contributed by atoms with Crippen molar-refractivity contribution in [1.29, 1.82) is 0 Å². The molecule has 1 heterocycles. The zero-order valence-electron chi connectivity index (χ0n) is 10.9. The third kappa shape index (κ3) is 2.85. The lowest BCUT2D eigenvalue weighted by atomic mass is 9.92. The van der Waals surface area contributed by atoms with E-state index in [1.165, 1.54) is 19.8 Å². The number of likely N-dealkylation sites (N-methyl/N-ethyl adjacent to an activating group) is 1. The zero-order valence-corrected chi connectivity index (χ0v) is 13.3. The Labute approximate surface area is 121 Å². The molecule has 2 rings (SSSR count). The Kier molecular flexibility index (Phi) is 4.60. The van der Waals surface area contributed by atoms with Crippen LogP contribution in [0.1, 0.15) is 34.9 Å². The van der Waals surface area contributed by atoms with Gasteiger partial charge in [-0.05, 0) is 47.1 Å². The molecule has 18 heavy (non-hydrogen) atoms. The normalized spacial score (nSPS) is 14.4. The van der Waals surface area contributed by atoms with Crippen molar-refractivity contribution >= 4 is 27.3 Å². The first-order valence-corrected chi connectivity index (χ1v) is 7.72. The second-order valence-corrected chi connectivity index (χ2v) is 6.97. The summed E-state index contributed by atoms with van der Waals surface area (Å²) in [6.45, 7) is 4.42. The van der Waals surface area contributed by atoms with Crippen LogP contribution in [0, 0.1) is 6.92 Å². The quantitative estimate of drug-likeness (QED) is 0.845. The first kappa shape index (κ1) is 13.8. The molecule has 0 bridgehead atoms. The highest BCUT2D eigenvalue weighted by Gasteiger charge is 2.21. The average Bonchev–Trinajstić information content (AvgIpc) is 2.71. The number of rotatable bonds is 4. The minimum atomic E-state index is 0.363. The molecule has 0 saturated heterocycles. The lowest BCUT2D eigenvalue weighted by molar-refractivity contribution is 0.515. The summed E-state index contributed by atoms with van der Waals surface area (Å²) in [6, 6.07) is 13.3. The van der Waals surface area contributed by atoms with Crippen LogP contribution in [0.3, 0.4) is 0 Å². The molecule has 96 valence electrons. The Bertz CT molecular complexity index is 487. The Morgan fingerprint density at radius 3 is 2.39 bits per heavy atom. The van der Waals surface area contributed by atoms with E-state index in [1.807, 2.05) is 18.4 Å². The second kappa shape index (κ2) is 6.00. The van der Waals surface area contributed by atoms with E-state index in [-0.39, 0.29) is 0 Å². The van der Waals surface area contributed by atoms with Crippen LogP contribution in [0.25, 0.3) is 0 Å². The standard InChI is InChI=1S/C15H18BrNS/c1-10-9-13(18-15(10)16)14(17-3)11(2)12-7-5-4-6-8-12/h4-9,11,14,17H,1-3H3. The topological polar surface area (TPSA) is 12.0 Å². The molecular formula is C15H18BrNS. The van der Waals surface area contributed by atoms with Crippen LogP contribution in [-0.2, 0) is 0 Å². The number of thiophene rings is 1. The van der Waals surface area contributed by atoms with Gasteiger partial charge in [0.1, 0.15) is 0 Å². The molecule has 2 atom stereocenters. The number of benzene rings is 1. The molecule has 1 N–H and O–H groups in total. The van der Waals surface area contributed by atoms with E-state index in [0.717, 1.165) is 0 Å². The van der Waals surface area contributed by atoms with Gasteiger partial charge in [0.15, 0.2) is 0 Å². The predicted octanol–water partition coefficient (Wildman–Crippen LogP) is 4.88. The molecule has 0 aliphatic rings. The van der Waals surface area contributed by atoms with Crippen molar-refractivity contribution in [2.45, 2.75) is 25.8 Å². The van der Waals surface area contributed by atoms with Crippen LogP contribution in [0.2, 0.25) is 0 Å². The molecule has 2 unspecified atom stereocenters. The summed E-state index contributed by atoms with van der Waals surface area (Å²) >= 11 is 5.43. The van der Waals surface area contributed by atoms with E-state index < -0.39 is 0 Å². The fourth-order valence-corrected chi connectivity index (χ4v) is 4.01. The highest BCUT2D eigenvalue weighted by Crippen LogP contribution is 2.37. The summed E-state index contributed by atoms with van der Waals surface area (Å²) in [5, 5.41) is 3.45. The number of nitrogens with one attached hydrogen (secondary N) is 1. The molecule has 0 aliphatic carbocycles. The van der Waals surface area contributed by atoms with E-state index >= 15 is 0 Å². The SMILES string of the molecule is CNC(c1cc(C)c(Br)s1)C(C)c1ccccc1. The van der Waals surface area contributed by atoms with Gasteiger partial charge in [-0.3, -0.25) is 0 Å². The van der Waals surface area contributed by atoms with E-state index in [9.17, 15) is 0 Å². The van der Waals surface area contributed by atoms with Crippen molar-refractivity contribution in [3.8, 4) is 0 Å². The summed E-state index contributed by atoms with van der Waals surface area (Å²) in [6.07, 6.45) is 0. The highest BCUT2D eigenvalue weighted by atomic mass is 79.9. The molecule has 0 radical (unpaired) electrons. The highest BCUT2D eigenvalue weighted by molar-refractivity contribution is 9.11. The minimum absolute atomic E-state index is 0.363. The van der Waals surface area contributed by atoms with E-state index in [2.05, 4.69) is 71.5 Å². The van der Waals surface area contributed by atoms with Gasteiger partial charge in [-0.25, -0.2) is 0 Å². The maximum atomic E-state index is 3.61. The number of hydrogen-bond acceptors (Lipinski definition) is 2. The average molecular weight is 324 g/mol. The van der Waals surface area contributed by atoms with E-state index in [0.29, 0.717) is 12.0 Å². The smallest absolute Gasteiger partial charge is 0.0731 e. The minimum Gasteiger partial charge on any atom is -0.312 e. The van der Waals surface area contributed by atoms with Crippen molar-refractivity contribution in [3.05, 3.63) is 56.2 Å². The molecule has 1 nitrogen and oxygen atoms in total. The van der Waals surface area contributed by atoms with E-state index in [1.54, 1.807) is 0 Å². The van der Waals surface area contributed by atoms with Crippen LogP contribution in [0.4, 0.5) is 0 Å². The number of halogens is 1. The number of aryl methyl sites for hydroxylation is 1. The summed E-state index contributed by atoms with van der Waals surface area (Å²) in [7, 11) is 2.03. The molecule has 2 aromatic rings. The van der Waals surface area contributed by atoms with Crippen LogP contribution >= 0.6 is 27.3 Å². The van der Waals surface area contributed by atoms with Crippen molar-refractivity contribution in [3.63, 3.8) is 0 Å². The van der Waals surface area contributed by atoms with Crippen molar-refractivity contribution in [2.75, 3.05) is 7.05 Å². The lowest BCUT2D eigenvalue weighted by Gasteiger charge is -2.23. The largest absolute Gasteiger partial charge is 0.312 e. The van der Waals surface area contributed by atoms with Gasteiger partial charge < -0.3 is 5.32 Å². The van der Waals surface area contributed by atoms with Gasteiger partial charge in [-0.2, -0.15) is 0 Å². The zero-order chi connectivity index (χ0) is 13.1. The van der Waals surface area contributed by atoms with Crippen LogP contribution in [0.5, 0.6) is 0 Å². The monoisotopic (exact) mass is 323 g/mol. The van der Waals surface area contributed by atoms with Gasteiger partial charge in [0.25, 0.3) is 0 Å². The molecule has 0 spiro atoms. The predicted molar refractivity (Wildman–Crippen MR) is 83.4 cm³/mol. The Morgan fingerprint density at radius 2 is 1.89 bits per heavy atom. The van der Waals surface area contributed by atoms with Gasteiger partial charge in [0.05, 0.1) is 3.79 Å². The second-order valence-electron chi connectivity index (χ2n) is 4.57. The number of hydrogen-bond donors (Lipinski definition) is 1. The summed E-state index contributed by atoms with van der Waals surface area (Å²) in [5.41, 5.74) is 2.69. The first-order valence-electron chi connectivity index (χ1n) is 6.11. The maximum Gasteiger partial charge on any atom is 0.0731 e. The van der Waals surface area contributed by atoms with Crippen molar-refractivity contribution in [1.82, 2.24) is 5.32 Å². The van der Waals surface area contributed by atoms with Gasteiger partial charge in [0, 0.05) is 16.8 Å². The van der Waals surface area contributed by atoms with Crippen LogP contribution in [0.15, 0.2) is 40.2 Å². The first-order chi connectivity index (χ1) is 8.63. The van der Waals surface area contributed by atoms with Gasteiger partial charge in [-0.1, -0.05) is 37.3 Å². The van der Waals surface area contributed by atoms with Gasteiger partial charge in [-0.15, -0.1) is 11.3 Å². The Balaban J connectivity index is 2.29. The fraction of sp³-hybridized carbons (Fsp3) is 0.333. The summed E-state index contributed by atoms with van der Waals surface area (Å²) in [5.74, 6) is 0.459. The molecule has 0 aliphatic heterocycles. The van der Waals surface area contributed by atoms with Crippen LogP contribution < -0.4 is 5.32 Å². The summed E-state index contributed by atoms with van der Waals surface area (Å²) in [4.78, 5) is 1.39. The Hall–Kier alpha value is -0.640. The van der Waals surface area contributed by atoms with Gasteiger partial charge in [0.2, 0.25) is 0 Å². The molecule has 0 saturated carbocycles. The third-order valence-electron chi connectivity index (χ3n) is 3.32. The van der Waals surface area contributed by atoms with Crippen molar-refractivity contribution < 1.29 is 0 Å². The fourth-order valence-electron chi connectivity index (χ4n) is 2.22.